The van der Waals surface area contributed by atoms with Gasteiger partial charge in [-0.2, -0.15) is 0 Å². The molecule has 0 saturated carbocycles. The minimum atomic E-state index is -0.150. The van der Waals surface area contributed by atoms with Crippen LogP contribution in [0.1, 0.15) is 12.7 Å². The molecule has 2 atom stereocenters. The number of hydrogen-bond acceptors (Lipinski definition) is 4. The zero-order valence-corrected chi connectivity index (χ0v) is 14.7. The number of carbonyl (C=O) groups excluding carboxylic acids is 1. The van der Waals surface area contributed by atoms with Crippen molar-refractivity contribution in [3.8, 4) is 0 Å². The Labute approximate surface area is 141 Å². The van der Waals surface area contributed by atoms with Crippen LogP contribution >= 0.6 is 0 Å². The van der Waals surface area contributed by atoms with Crippen molar-refractivity contribution in [1.82, 2.24) is 19.4 Å². The molecule has 1 aromatic carbocycles. The van der Waals surface area contributed by atoms with E-state index in [1.54, 1.807) is 13.0 Å². The molecule has 0 radical (unpaired) electrons. The normalized spacial score (nSPS) is 21.0. The van der Waals surface area contributed by atoms with E-state index in [2.05, 4.69) is 16.8 Å². The number of likely N-dealkylation sites (tertiary alicyclic amines) is 1. The van der Waals surface area contributed by atoms with E-state index in [1.165, 1.54) is 4.57 Å². The van der Waals surface area contributed by atoms with E-state index in [4.69, 9.17) is 0 Å². The first-order chi connectivity index (χ1) is 11.4. The molecule has 6 nitrogen and oxygen atoms in total. The number of carbonyl (C=O) groups is 1. The second-order valence-electron chi connectivity index (χ2n) is 6.87. The Bertz CT molecular complexity index is 827. The largest absolute Gasteiger partial charge is 0.339 e. The van der Waals surface area contributed by atoms with Crippen LogP contribution in [0, 0.1) is 12.8 Å². The zero-order chi connectivity index (χ0) is 17.4. The van der Waals surface area contributed by atoms with Crippen molar-refractivity contribution in [3.63, 3.8) is 0 Å². The fourth-order valence-corrected chi connectivity index (χ4v) is 3.53. The molecule has 1 fully saturated rings. The molecule has 1 amide bonds. The Morgan fingerprint density at radius 1 is 1.29 bits per heavy atom. The Hall–Kier alpha value is -2.21. The van der Waals surface area contributed by atoms with Crippen LogP contribution in [0.5, 0.6) is 0 Å². The SMILES string of the molecule is Cc1nc2ccccc2c(=O)n1CC(=O)N1CC(C)C(N(C)C)C1. The number of nitrogens with zero attached hydrogens (tertiary/aromatic N) is 4. The van der Waals surface area contributed by atoms with Crippen molar-refractivity contribution >= 4 is 16.8 Å². The van der Waals surface area contributed by atoms with Gasteiger partial charge in [0.05, 0.1) is 10.9 Å². The lowest BCUT2D eigenvalue weighted by Gasteiger charge is -2.22. The molecular formula is C18H24N4O2. The smallest absolute Gasteiger partial charge is 0.261 e. The fraction of sp³-hybridized carbons (Fsp3) is 0.500. The van der Waals surface area contributed by atoms with Crippen molar-refractivity contribution in [3.05, 3.63) is 40.4 Å². The van der Waals surface area contributed by atoms with Gasteiger partial charge in [-0.05, 0) is 39.1 Å². The molecule has 2 aromatic rings. The summed E-state index contributed by atoms with van der Waals surface area (Å²) in [5, 5.41) is 0.553. The minimum Gasteiger partial charge on any atom is -0.339 e. The molecule has 1 aliphatic heterocycles. The Morgan fingerprint density at radius 3 is 2.67 bits per heavy atom. The van der Waals surface area contributed by atoms with E-state index in [1.807, 2.05) is 37.2 Å². The number of likely N-dealkylation sites (N-methyl/N-ethyl adjacent to an activating group) is 1. The summed E-state index contributed by atoms with van der Waals surface area (Å²) in [5.41, 5.74) is 0.522. The van der Waals surface area contributed by atoms with E-state index >= 15 is 0 Å². The summed E-state index contributed by atoms with van der Waals surface area (Å²) in [7, 11) is 4.08. The molecule has 2 heterocycles. The van der Waals surface area contributed by atoms with Gasteiger partial charge in [0.2, 0.25) is 5.91 Å². The van der Waals surface area contributed by atoms with Gasteiger partial charge in [0.1, 0.15) is 12.4 Å². The highest BCUT2D eigenvalue weighted by Gasteiger charge is 2.33. The first kappa shape index (κ1) is 16.6. The van der Waals surface area contributed by atoms with E-state index < -0.39 is 0 Å². The van der Waals surface area contributed by atoms with Gasteiger partial charge in [-0.15, -0.1) is 0 Å². The number of rotatable bonds is 3. The highest BCUT2D eigenvalue weighted by molar-refractivity contribution is 5.79. The molecule has 0 N–H and O–H groups in total. The third-order valence-corrected chi connectivity index (χ3v) is 4.93. The molecule has 0 bridgehead atoms. The highest BCUT2D eigenvalue weighted by Crippen LogP contribution is 2.20. The Kier molecular flexibility index (Phi) is 4.41. The third-order valence-electron chi connectivity index (χ3n) is 4.93. The maximum absolute atomic E-state index is 12.7. The fourth-order valence-electron chi connectivity index (χ4n) is 3.53. The maximum atomic E-state index is 12.7. The first-order valence-electron chi connectivity index (χ1n) is 8.29. The Morgan fingerprint density at radius 2 is 2.00 bits per heavy atom. The number of amides is 1. The molecular weight excluding hydrogens is 304 g/mol. The third kappa shape index (κ3) is 2.94. The lowest BCUT2D eigenvalue weighted by Crippen LogP contribution is -2.38. The molecule has 2 unspecified atom stereocenters. The van der Waals surface area contributed by atoms with Crippen LogP contribution in [0.2, 0.25) is 0 Å². The summed E-state index contributed by atoms with van der Waals surface area (Å²) in [5.74, 6) is 0.980. The minimum absolute atomic E-state index is 0.0199. The lowest BCUT2D eigenvalue weighted by molar-refractivity contribution is -0.131. The second-order valence-corrected chi connectivity index (χ2v) is 6.87. The van der Waals surface area contributed by atoms with E-state index in [0.29, 0.717) is 35.2 Å². The average Bonchev–Trinajstić information content (AvgIpc) is 2.93. The van der Waals surface area contributed by atoms with Crippen LogP contribution in [-0.2, 0) is 11.3 Å². The predicted molar refractivity (Wildman–Crippen MR) is 94.0 cm³/mol. The monoisotopic (exact) mass is 328 g/mol. The molecule has 1 aromatic heterocycles. The van der Waals surface area contributed by atoms with Crippen molar-refractivity contribution in [2.24, 2.45) is 5.92 Å². The van der Waals surface area contributed by atoms with Crippen LogP contribution in [0.25, 0.3) is 10.9 Å². The van der Waals surface area contributed by atoms with E-state index in [0.717, 1.165) is 6.54 Å². The van der Waals surface area contributed by atoms with Crippen LogP contribution in [-0.4, -0.2) is 58.5 Å². The van der Waals surface area contributed by atoms with Gasteiger partial charge in [-0.1, -0.05) is 19.1 Å². The van der Waals surface area contributed by atoms with Crippen LogP contribution in [0.15, 0.2) is 29.1 Å². The number of aryl methyl sites for hydroxylation is 1. The van der Waals surface area contributed by atoms with Crippen LogP contribution < -0.4 is 5.56 Å². The van der Waals surface area contributed by atoms with E-state index in [9.17, 15) is 9.59 Å². The molecule has 24 heavy (non-hydrogen) atoms. The zero-order valence-electron chi connectivity index (χ0n) is 14.7. The summed E-state index contributed by atoms with van der Waals surface area (Å²) < 4.78 is 1.48. The quantitative estimate of drug-likeness (QED) is 0.847. The van der Waals surface area contributed by atoms with Gasteiger partial charge in [0.15, 0.2) is 0 Å². The molecule has 3 rings (SSSR count). The van der Waals surface area contributed by atoms with Gasteiger partial charge in [-0.3, -0.25) is 14.2 Å². The number of aromatic nitrogens is 2. The van der Waals surface area contributed by atoms with Crippen molar-refractivity contribution < 1.29 is 4.79 Å². The number of hydrogen-bond donors (Lipinski definition) is 0. The summed E-state index contributed by atoms with van der Waals surface area (Å²) >= 11 is 0. The van der Waals surface area contributed by atoms with Crippen molar-refractivity contribution in [2.45, 2.75) is 26.4 Å². The van der Waals surface area contributed by atoms with Gasteiger partial charge >= 0.3 is 0 Å². The standard InChI is InChI=1S/C18H24N4O2/c1-12-9-21(10-16(12)20(3)4)17(23)11-22-13(2)19-15-8-6-5-7-14(15)18(22)24/h5-8,12,16H,9-11H2,1-4H3. The van der Waals surface area contributed by atoms with Gasteiger partial charge in [0.25, 0.3) is 5.56 Å². The molecule has 6 heteroatoms. The first-order valence-corrected chi connectivity index (χ1v) is 8.29. The van der Waals surface area contributed by atoms with Crippen molar-refractivity contribution in [2.75, 3.05) is 27.2 Å². The topological polar surface area (TPSA) is 58.4 Å². The molecule has 128 valence electrons. The molecule has 0 spiro atoms. The molecule has 1 saturated heterocycles. The number of fused-ring (bicyclic) bond motifs is 1. The molecule has 1 aliphatic rings. The summed E-state index contributed by atoms with van der Waals surface area (Å²) in [4.78, 5) is 33.8. The molecule has 0 aliphatic carbocycles. The van der Waals surface area contributed by atoms with Crippen molar-refractivity contribution in [1.29, 1.82) is 0 Å². The summed E-state index contributed by atoms with van der Waals surface area (Å²) in [6.45, 7) is 5.43. The van der Waals surface area contributed by atoms with Crippen LogP contribution in [0.3, 0.4) is 0 Å². The highest BCUT2D eigenvalue weighted by atomic mass is 16.2. The lowest BCUT2D eigenvalue weighted by atomic mass is 10.1. The predicted octanol–water partition coefficient (Wildman–Crippen LogP) is 1.11. The average molecular weight is 328 g/mol. The number of para-hydroxylation sites is 1. The summed E-state index contributed by atoms with van der Waals surface area (Å²) in [6, 6.07) is 7.61. The van der Waals surface area contributed by atoms with Gasteiger partial charge in [-0.25, -0.2) is 4.98 Å². The number of benzene rings is 1. The van der Waals surface area contributed by atoms with Gasteiger partial charge < -0.3 is 9.80 Å². The second kappa shape index (κ2) is 6.36. The van der Waals surface area contributed by atoms with E-state index in [-0.39, 0.29) is 18.0 Å². The van der Waals surface area contributed by atoms with Gasteiger partial charge in [0, 0.05) is 19.1 Å². The Balaban J connectivity index is 1.85. The summed E-state index contributed by atoms with van der Waals surface area (Å²) in [6.07, 6.45) is 0. The van der Waals surface area contributed by atoms with Crippen LogP contribution in [0.4, 0.5) is 0 Å². The maximum Gasteiger partial charge on any atom is 0.261 e.